The fourth-order valence-corrected chi connectivity index (χ4v) is 6.44. The second kappa shape index (κ2) is 14.5. The molecule has 1 aromatic heterocycles. The number of hydrogen-bond donors (Lipinski definition) is 1. The summed E-state index contributed by atoms with van der Waals surface area (Å²) in [5.74, 6) is 0.459. The Balaban J connectivity index is 1.36. The van der Waals surface area contributed by atoms with Crippen molar-refractivity contribution in [3.8, 4) is 5.75 Å². The molecule has 0 amide bonds. The highest BCUT2D eigenvalue weighted by Crippen LogP contribution is 2.43. The fourth-order valence-electron chi connectivity index (χ4n) is 6.44. The monoisotopic (exact) mass is 565 g/mol. The van der Waals surface area contributed by atoms with Crippen LogP contribution in [-0.4, -0.2) is 72.6 Å². The van der Waals surface area contributed by atoms with E-state index < -0.39 is 5.60 Å². The number of aromatic nitrogens is 1. The zero-order chi connectivity index (χ0) is 29.2. The maximum Gasteiger partial charge on any atom is 0.120 e. The number of rotatable bonds is 14. The highest BCUT2D eigenvalue weighted by Gasteiger charge is 2.42. The molecule has 0 saturated carbocycles. The van der Waals surface area contributed by atoms with Crippen molar-refractivity contribution in [3.05, 3.63) is 108 Å². The Kier molecular flexibility index (Phi) is 10.4. The predicted octanol–water partition coefficient (Wildman–Crippen LogP) is 5.83. The zero-order valence-electron chi connectivity index (χ0n) is 24.7. The summed E-state index contributed by atoms with van der Waals surface area (Å²) in [6, 6.07) is 28.6. The van der Waals surface area contributed by atoms with Gasteiger partial charge in [0.25, 0.3) is 0 Å². The van der Waals surface area contributed by atoms with Crippen molar-refractivity contribution >= 4 is 17.2 Å². The van der Waals surface area contributed by atoms with E-state index >= 15 is 0 Å². The number of unbranched alkanes of at least 4 members (excludes halogenated alkanes) is 1. The number of carbonyl (C=O) groups excluding carboxylic acids is 1. The van der Waals surface area contributed by atoms with Gasteiger partial charge in [-0.2, -0.15) is 0 Å². The van der Waals surface area contributed by atoms with Crippen molar-refractivity contribution in [3.63, 3.8) is 0 Å². The molecule has 2 heterocycles. The van der Waals surface area contributed by atoms with Gasteiger partial charge >= 0.3 is 0 Å². The van der Waals surface area contributed by atoms with E-state index in [1.165, 1.54) is 18.4 Å². The first-order valence-electron chi connectivity index (χ1n) is 15.2. The Morgan fingerprint density at radius 1 is 0.929 bits per heavy atom. The number of aldehydes is 1. The average Bonchev–Trinajstić information content (AvgIpc) is 3.04. The van der Waals surface area contributed by atoms with Crippen LogP contribution in [0.3, 0.4) is 0 Å². The van der Waals surface area contributed by atoms with E-state index in [4.69, 9.17) is 4.74 Å². The minimum Gasteiger partial charge on any atom is -0.497 e. The van der Waals surface area contributed by atoms with E-state index in [2.05, 4.69) is 57.2 Å². The van der Waals surface area contributed by atoms with E-state index in [1.54, 1.807) is 13.3 Å². The summed E-state index contributed by atoms with van der Waals surface area (Å²) in [5, 5.41) is 13.8. The minimum atomic E-state index is -1.24. The molecule has 0 radical (unpaired) electrons. The lowest BCUT2D eigenvalue weighted by Crippen LogP contribution is -2.52. The van der Waals surface area contributed by atoms with Crippen LogP contribution in [0.2, 0.25) is 0 Å². The van der Waals surface area contributed by atoms with E-state index in [-0.39, 0.29) is 5.92 Å². The summed E-state index contributed by atoms with van der Waals surface area (Å²) in [5.41, 5.74) is 2.84. The van der Waals surface area contributed by atoms with Crippen LogP contribution >= 0.6 is 0 Å². The molecule has 3 aromatic carbocycles. The third kappa shape index (κ3) is 7.24. The van der Waals surface area contributed by atoms with Crippen LogP contribution in [0.25, 0.3) is 10.9 Å². The van der Waals surface area contributed by atoms with Crippen LogP contribution < -0.4 is 4.74 Å². The van der Waals surface area contributed by atoms with Crippen molar-refractivity contribution in [2.24, 2.45) is 0 Å². The molecular weight excluding hydrogens is 522 g/mol. The van der Waals surface area contributed by atoms with Gasteiger partial charge in [0, 0.05) is 56.6 Å². The highest BCUT2D eigenvalue weighted by molar-refractivity contribution is 5.84. The quantitative estimate of drug-likeness (QED) is 0.153. The number of nitrogens with zero attached hydrogens (tertiary/aromatic N) is 3. The summed E-state index contributed by atoms with van der Waals surface area (Å²) in [6.45, 7) is 5.33. The van der Waals surface area contributed by atoms with Gasteiger partial charge in [0.05, 0.1) is 12.6 Å². The van der Waals surface area contributed by atoms with Crippen molar-refractivity contribution in [2.45, 2.75) is 43.6 Å². The molecule has 0 aliphatic carbocycles. The number of piperazine rings is 1. The first-order chi connectivity index (χ1) is 20.6. The van der Waals surface area contributed by atoms with Crippen LogP contribution in [0.5, 0.6) is 5.75 Å². The predicted molar refractivity (Wildman–Crippen MR) is 169 cm³/mol. The summed E-state index contributed by atoms with van der Waals surface area (Å²) in [7, 11) is 1.65. The third-order valence-electron chi connectivity index (χ3n) is 8.73. The van der Waals surface area contributed by atoms with Gasteiger partial charge in [0.15, 0.2) is 0 Å². The standard InChI is InChI=1S/C36H43N3O3/c1-42-31-17-18-35-32(27-31)34(19-20-37-35)36(41,33(16-10-26-40)30-14-6-3-7-15-30)28-39-24-22-38(23-25-39)21-9-8-13-29-11-4-2-5-12-29/h2-7,11-12,14-15,17-20,26-27,33,41H,8-10,13,16,21-25,28H2,1H3/t33?,36-/m1/s1. The maximum absolute atomic E-state index is 12.9. The fraction of sp³-hybridized carbons (Fsp3) is 0.389. The van der Waals surface area contributed by atoms with E-state index in [0.717, 1.165) is 73.2 Å². The number of benzene rings is 3. The lowest BCUT2D eigenvalue weighted by atomic mass is 9.73. The number of pyridine rings is 1. The molecule has 2 atom stereocenters. The number of methoxy groups -OCH3 is 1. The number of aliphatic hydroxyl groups is 1. The summed E-state index contributed by atoms with van der Waals surface area (Å²) >= 11 is 0. The second-order valence-corrected chi connectivity index (χ2v) is 11.4. The number of ether oxygens (including phenoxy) is 1. The van der Waals surface area contributed by atoms with Crippen molar-refractivity contribution in [1.82, 2.24) is 14.8 Å². The van der Waals surface area contributed by atoms with Gasteiger partial charge in [-0.1, -0.05) is 60.7 Å². The lowest BCUT2D eigenvalue weighted by molar-refractivity contribution is -0.108. The second-order valence-electron chi connectivity index (χ2n) is 11.4. The molecule has 0 spiro atoms. The number of aryl methyl sites for hydroxylation is 1. The van der Waals surface area contributed by atoms with Gasteiger partial charge in [-0.3, -0.25) is 9.88 Å². The number of β-amino-alcohol motifs (C(OH)–C–C–N with tert-alkyl or cyclic N) is 1. The van der Waals surface area contributed by atoms with Crippen LogP contribution in [0.4, 0.5) is 0 Å². The molecule has 0 bridgehead atoms. The Morgan fingerprint density at radius 3 is 2.36 bits per heavy atom. The lowest BCUT2D eigenvalue weighted by Gasteiger charge is -2.44. The molecule has 1 unspecified atom stereocenters. The molecule has 6 nitrogen and oxygen atoms in total. The molecule has 1 saturated heterocycles. The Labute approximate surface area is 250 Å². The summed E-state index contributed by atoms with van der Waals surface area (Å²) in [6.07, 6.45) is 7.18. The maximum atomic E-state index is 12.9. The first-order valence-corrected chi connectivity index (χ1v) is 15.2. The van der Waals surface area contributed by atoms with Gasteiger partial charge in [0.1, 0.15) is 17.6 Å². The molecule has 4 aromatic rings. The smallest absolute Gasteiger partial charge is 0.120 e. The normalized spacial score (nSPS) is 16.6. The van der Waals surface area contributed by atoms with E-state index in [9.17, 15) is 9.90 Å². The van der Waals surface area contributed by atoms with Gasteiger partial charge in [-0.25, -0.2) is 0 Å². The average molecular weight is 566 g/mol. The van der Waals surface area contributed by atoms with Crippen LogP contribution in [-0.2, 0) is 16.8 Å². The topological polar surface area (TPSA) is 65.9 Å². The first kappa shape index (κ1) is 29.9. The SMILES string of the molecule is COc1ccc2nccc([C@@](O)(CN3CCN(CCCCc4ccccc4)CC3)C(CCC=O)c3ccccc3)c2c1. The number of fused-ring (bicyclic) bond motifs is 1. The molecule has 42 heavy (non-hydrogen) atoms. The van der Waals surface area contributed by atoms with E-state index in [1.807, 2.05) is 42.5 Å². The number of hydrogen-bond acceptors (Lipinski definition) is 6. The van der Waals surface area contributed by atoms with Crippen LogP contribution in [0, 0.1) is 0 Å². The molecule has 6 heteroatoms. The Hall–Kier alpha value is -3.58. The van der Waals surface area contributed by atoms with Gasteiger partial charge < -0.3 is 19.5 Å². The van der Waals surface area contributed by atoms with Crippen molar-refractivity contribution < 1.29 is 14.6 Å². The van der Waals surface area contributed by atoms with Crippen LogP contribution in [0.15, 0.2) is 91.1 Å². The van der Waals surface area contributed by atoms with Gasteiger partial charge in [-0.15, -0.1) is 0 Å². The van der Waals surface area contributed by atoms with Crippen molar-refractivity contribution in [1.29, 1.82) is 0 Å². The molecule has 1 aliphatic rings. The number of carbonyl (C=O) groups is 1. The van der Waals surface area contributed by atoms with Gasteiger partial charge in [-0.05, 0) is 73.2 Å². The highest BCUT2D eigenvalue weighted by atomic mass is 16.5. The zero-order valence-corrected chi connectivity index (χ0v) is 24.7. The molecule has 220 valence electrons. The summed E-state index contributed by atoms with van der Waals surface area (Å²) in [4.78, 5) is 21.1. The largest absolute Gasteiger partial charge is 0.497 e. The van der Waals surface area contributed by atoms with Crippen molar-refractivity contribution in [2.75, 3.05) is 46.4 Å². The molecular formula is C36H43N3O3. The van der Waals surface area contributed by atoms with E-state index in [0.29, 0.717) is 19.4 Å². The van der Waals surface area contributed by atoms with Crippen LogP contribution in [0.1, 0.15) is 48.3 Å². The Bertz CT molecular complexity index is 1410. The molecule has 1 N–H and O–H groups in total. The third-order valence-corrected chi connectivity index (χ3v) is 8.73. The molecule has 5 rings (SSSR count). The summed E-state index contributed by atoms with van der Waals surface area (Å²) < 4.78 is 5.56. The molecule has 1 aliphatic heterocycles. The minimum absolute atomic E-state index is 0.267. The van der Waals surface area contributed by atoms with Gasteiger partial charge in [0.2, 0.25) is 0 Å². The molecule has 1 fully saturated rings. The Morgan fingerprint density at radius 2 is 1.64 bits per heavy atom.